The molecule has 3 aromatic carbocycles. The Morgan fingerprint density at radius 3 is 2.19 bits per heavy atom. The lowest BCUT2D eigenvalue weighted by Gasteiger charge is -2.33. The van der Waals surface area contributed by atoms with Gasteiger partial charge in [0.05, 0.1) is 31.7 Å². The number of ether oxygens (including phenoxy) is 4. The molecule has 0 atom stereocenters. The van der Waals surface area contributed by atoms with Gasteiger partial charge < -0.3 is 23.8 Å². The standard InChI is InChI=1S/C37H43N3O8/c1-37(2,3)48-33(41)16-13-25-11-14-30-29(21-25)34(42)39(23-27-12-15-31(45-4)32(22-27)46-5)35(43)40(30)28-17-19-38(20-18-28)36(44)47-24-26-9-7-6-8-10-26/h6-12,14-15,21-22,28H,13,16-20,23-24H2,1-5H3. The lowest BCUT2D eigenvalue weighted by Crippen LogP contribution is -2.45. The van der Waals surface area contributed by atoms with E-state index >= 15 is 0 Å². The van der Waals surface area contributed by atoms with Gasteiger partial charge in [-0.1, -0.05) is 42.5 Å². The number of hydrogen-bond acceptors (Lipinski definition) is 8. The van der Waals surface area contributed by atoms with Gasteiger partial charge in [-0.15, -0.1) is 0 Å². The molecule has 2 heterocycles. The van der Waals surface area contributed by atoms with Crippen molar-refractivity contribution < 1.29 is 28.5 Å². The van der Waals surface area contributed by atoms with Gasteiger partial charge in [0.25, 0.3) is 5.56 Å². The first kappa shape index (κ1) is 34.3. The van der Waals surface area contributed by atoms with Gasteiger partial charge >= 0.3 is 17.8 Å². The Balaban J connectivity index is 1.45. The molecule has 5 rings (SSSR count). The Morgan fingerprint density at radius 2 is 1.52 bits per heavy atom. The van der Waals surface area contributed by atoms with Crippen LogP contribution in [0.25, 0.3) is 10.9 Å². The highest BCUT2D eigenvalue weighted by Crippen LogP contribution is 2.29. The number of carbonyl (C=O) groups excluding carboxylic acids is 2. The molecule has 1 aliphatic rings. The minimum atomic E-state index is -0.595. The molecule has 0 unspecified atom stereocenters. The minimum absolute atomic E-state index is 0.0146. The van der Waals surface area contributed by atoms with Crippen LogP contribution in [0.3, 0.4) is 0 Å². The third-order valence-electron chi connectivity index (χ3n) is 8.35. The monoisotopic (exact) mass is 657 g/mol. The van der Waals surface area contributed by atoms with Gasteiger partial charge in [0.15, 0.2) is 11.5 Å². The molecule has 0 radical (unpaired) electrons. The van der Waals surface area contributed by atoms with Crippen LogP contribution < -0.4 is 20.7 Å². The summed E-state index contributed by atoms with van der Waals surface area (Å²) < 4.78 is 24.7. The van der Waals surface area contributed by atoms with Crippen LogP contribution in [0.15, 0.2) is 76.3 Å². The summed E-state index contributed by atoms with van der Waals surface area (Å²) in [5.41, 5.74) is 1.43. The Morgan fingerprint density at radius 1 is 0.833 bits per heavy atom. The second-order valence-electron chi connectivity index (χ2n) is 12.9. The lowest BCUT2D eigenvalue weighted by atomic mass is 10.0. The van der Waals surface area contributed by atoms with Crippen LogP contribution in [-0.4, -0.2) is 59.0 Å². The number of aromatic nitrogens is 2. The molecule has 11 heteroatoms. The average molecular weight is 658 g/mol. The first-order chi connectivity index (χ1) is 23.0. The van der Waals surface area contributed by atoms with Gasteiger partial charge in [0, 0.05) is 25.6 Å². The highest BCUT2D eigenvalue weighted by Gasteiger charge is 2.28. The first-order valence-electron chi connectivity index (χ1n) is 16.1. The van der Waals surface area contributed by atoms with Gasteiger partial charge in [-0.25, -0.2) is 9.59 Å². The van der Waals surface area contributed by atoms with Crippen molar-refractivity contribution in [1.29, 1.82) is 0 Å². The first-order valence-corrected chi connectivity index (χ1v) is 16.1. The zero-order valence-corrected chi connectivity index (χ0v) is 28.2. The van der Waals surface area contributed by atoms with Crippen molar-refractivity contribution >= 4 is 23.0 Å². The molecule has 11 nitrogen and oxygen atoms in total. The lowest BCUT2D eigenvalue weighted by molar-refractivity contribution is -0.154. The Bertz CT molecular complexity index is 1880. The van der Waals surface area contributed by atoms with E-state index in [2.05, 4.69) is 0 Å². The number of esters is 1. The molecule has 1 aliphatic heterocycles. The van der Waals surface area contributed by atoms with Crippen LogP contribution in [-0.2, 0) is 33.8 Å². The van der Waals surface area contributed by atoms with Crippen molar-refractivity contribution in [2.75, 3.05) is 27.3 Å². The van der Waals surface area contributed by atoms with E-state index in [1.54, 1.807) is 46.9 Å². The van der Waals surface area contributed by atoms with Crippen LogP contribution in [0.5, 0.6) is 11.5 Å². The van der Waals surface area contributed by atoms with Crippen molar-refractivity contribution in [1.82, 2.24) is 14.0 Å². The number of piperidine rings is 1. The van der Waals surface area contributed by atoms with Crippen LogP contribution in [0, 0.1) is 0 Å². The summed E-state index contributed by atoms with van der Waals surface area (Å²) in [5.74, 6) is 0.695. The van der Waals surface area contributed by atoms with Gasteiger partial charge in [0.1, 0.15) is 12.2 Å². The average Bonchev–Trinajstić information content (AvgIpc) is 3.08. The van der Waals surface area contributed by atoms with Crippen molar-refractivity contribution in [3.63, 3.8) is 0 Å². The number of hydrogen-bond donors (Lipinski definition) is 0. The molecule has 0 N–H and O–H groups in total. The maximum atomic E-state index is 14.2. The molecular weight excluding hydrogens is 614 g/mol. The highest BCUT2D eigenvalue weighted by molar-refractivity contribution is 5.79. The molecular formula is C37H43N3O8. The second-order valence-corrected chi connectivity index (χ2v) is 12.9. The predicted molar refractivity (Wildman–Crippen MR) is 182 cm³/mol. The largest absolute Gasteiger partial charge is 0.493 e. The van der Waals surface area contributed by atoms with Crippen molar-refractivity contribution in [3.8, 4) is 11.5 Å². The van der Waals surface area contributed by atoms with Crippen LogP contribution in [0.2, 0.25) is 0 Å². The fourth-order valence-electron chi connectivity index (χ4n) is 6.00. The van der Waals surface area contributed by atoms with Gasteiger partial charge in [-0.05, 0) is 81.0 Å². The summed E-state index contributed by atoms with van der Waals surface area (Å²) in [6.45, 7) is 6.45. The molecule has 0 saturated carbocycles. The molecule has 1 aromatic heterocycles. The van der Waals surface area contributed by atoms with E-state index in [0.717, 1.165) is 11.1 Å². The third-order valence-corrected chi connectivity index (χ3v) is 8.35. The maximum absolute atomic E-state index is 14.2. The molecule has 1 amide bonds. The van der Waals surface area contributed by atoms with Gasteiger partial charge in [0.2, 0.25) is 0 Å². The Labute approximate surface area is 279 Å². The normalized spacial score (nSPS) is 13.7. The fraction of sp³-hybridized carbons (Fsp3) is 0.405. The zero-order valence-electron chi connectivity index (χ0n) is 28.2. The van der Waals surface area contributed by atoms with Crippen molar-refractivity contribution in [2.24, 2.45) is 0 Å². The Kier molecular flexibility index (Phi) is 10.6. The summed E-state index contributed by atoms with van der Waals surface area (Å²) in [4.78, 5) is 55.1. The second kappa shape index (κ2) is 14.8. The summed E-state index contributed by atoms with van der Waals surface area (Å²) in [7, 11) is 3.07. The number of fused-ring (bicyclic) bond motifs is 1. The highest BCUT2D eigenvalue weighted by atomic mass is 16.6. The SMILES string of the molecule is COc1ccc(Cn2c(=O)c3cc(CCC(=O)OC(C)(C)C)ccc3n(C3CCN(C(=O)OCc4ccccc4)CC3)c2=O)cc1OC. The zero-order chi connectivity index (χ0) is 34.4. The number of amides is 1. The molecule has 48 heavy (non-hydrogen) atoms. The van der Waals surface area contributed by atoms with Gasteiger partial charge in [-0.2, -0.15) is 0 Å². The van der Waals surface area contributed by atoms with E-state index in [9.17, 15) is 19.2 Å². The Hall–Kier alpha value is -5.06. The minimum Gasteiger partial charge on any atom is -0.493 e. The number of likely N-dealkylation sites (tertiary alicyclic amines) is 1. The molecule has 0 spiro atoms. The topological polar surface area (TPSA) is 118 Å². The summed E-state index contributed by atoms with van der Waals surface area (Å²) in [5, 5.41) is 0.376. The van der Waals surface area contributed by atoms with E-state index in [1.807, 2.05) is 57.2 Å². The smallest absolute Gasteiger partial charge is 0.410 e. The van der Waals surface area contributed by atoms with E-state index < -0.39 is 22.9 Å². The number of carbonyl (C=O) groups is 2. The van der Waals surface area contributed by atoms with Crippen LogP contribution in [0.1, 0.15) is 62.8 Å². The molecule has 0 bridgehead atoms. The molecule has 0 aliphatic carbocycles. The third kappa shape index (κ3) is 8.07. The number of nitrogens with zero attached hydrogens (tertiary/aromatic N) is 3. The number of benzene rings is 3. The van der Waals surface area contributed by atoms with Crippen LogP contribution >= 0.6 is 0 Å². The number of methoxy groups -OCH3 is 2. The maximum Gasteiger partial charge on any atom is 0.410 e. The van der Waals surface area contributed by atoms with Crippen molar-refractivity contribution in [3.05, 3.63) is 104 Å². The van der Waals surface area contributed by atoms with Crippen LogP contribution in [0.4, 0.5) is 4.79 Å². The molecule has 254 valence electrons. The van der Waals surface area contributed by atoms with E-state index in [0.29, 0.717) is 60.3 Å². The predicted octanol–water partition coefficient (Wildman–Crippen LogP) is 5.48. The van der Waals surface area contributed by atoms with Crippen molar-refractivity contribution in [2.45, 2.75) is 71.2 Å². The molecule has 1 saturated heterocycles. The summed E-state index contributed by atoms with van der Waals surface area (Å²) in [6.07, 6.45) is 1.14. The molecule has 1 fully saturated rings. The fourth-order valence-corrected chi connectivity index (χ4v) is 6.00. The number of rotatable bonds is 10. The summed E-state index contributed by atoms with van der Waals surface area (Å²) in [6, 6.07) is 19.9. The van der Waals surface area contributed by atoms with Gasteiger partial charge in [-0.3, -0.25) is 18.7 Å². The number of aryl methyl sites for hydroxylation is 1. The van der Waals surface area contributed by atoms with E-state index in [1.165, 1.54) is 11.7 Å². The van der Waals surface area contributed by atoms with E-state index in [-0.39, 0.29) is 31.6 Å². The molecule has 4 aromatic rings. The van der Waals surface area contributed by atoms with E-state index in [4.69, 9.17) is 18.9 Å². The summed E-state index contributed by atoms with van der Waals surface area (Å²) >= 11 is 0. The quantitative estimate of drug-likeness (QED) is 0.206.